The first-order chi connectivity index (χ1) is 29.8. The van der Waals surface area contributed by atoms with Gasteiger partial charge in [-0.25, -0.2) is 0 Å². The van der Waals surface area contributed by atoms with E-state index in [4.69, 9.17) is 0 Å². The fraction of sp³-hybridized carbons (Fsp3) is 0. The molecule has 60 heavy (non-hydrogen) atoms. The van der Waals surface area contributed by atoms with Crippen LogP contribution in [0.15, 0.2) is 243 Å². The minimum Gasteiger partial charge on any atom is -0.310 e. The fourth-order valence-corrected chi connectivity index (χ4v) is 9.03. The van der Waals surface area contributed by atoms with Crippen LogP contribution in [0.4, 0.5) is 17.1 Å². The topological polar surface area (TPSA) is 8.17 Å². The molecule has 2 nitrogen and oxygen atoms in total. The molecule has 0 radical (unpaired) electrons. The van der Waals surface area contributed by atoms with Crippen molar-refractivity contribution in [2.45, 2.75) is 0 Å². The van der Waals surface area contributed by atoms with E-state index in [1.165, 1.54) is 60.4 Å². The molecule has 11 rings (SSSR count). The van der Waals surface area contributed by atoms with Crippen molar-refractivity contribution < 1.29 is 0 Å². The minimum absolute atomic E-state index is 1.08. The van der Waals surface area contributed by atoms with E-state index in [0.717, 1.165) is 39.4 Å². The highest BCUT2D eigenvalue weighted by atomic mass is 15.1. The molecule has 0 saturated heterocycles. The summed E-state index contributed by atoms with van der Waals surface area (Å²) >= 11 is 0. The predicted octanol–water partition coefficient (Wildman–Crippen LogP) is 16.1. The molecule has 1 aromatic heterocycles. The Hall–Kier alpha value is -7.94. The number of anilines is 3. The van der Waals surface area contributed by atoms with Gasteiger partial charge in [0.2, 0.25) is 0 Å². The Bertz CT molecular complexity index is 3230. The zero-order valence-corrected chi connectivity index (χ0v) is 33.0. The molecule has 0 amide bonds. The van der Waals surface area contributed by atoms with Crippen molar-refractivity contribution in [1.29, 1.82) is 0 Å². The van der Waals surface area contributed by atoms with E-state index in [9.17, 15) is 0 Å². The predicted molar refractivity (Wildman–Crippen MR) is 255 cm³/mol. The molecule has 0 spiro atoms. The first kappa shape index (κ1) is 35.2. The normalized spacial score (nSPS) is 11.3. The zero-order chi connectivity index (χ0) is 39.8. The number of rotatable bonds is 8. The quantitative estimate of drug-likeness (QED) is 0.150. The molecule has 0 N–H and O–H groups in total. The Morgan fingerprint density at radius 3 is 1.55 bits per heavy atom. The molecule has 2 heteroatoms. The van der Waals surface area contributed by atoms with Crippen LogP contribution in [-0.4, -0.2) is 4.57 Å². The van der Waals surface area contributed by atoms with Crippen LogP contribution >= 0.6 is 0 Å². The standard InChI is InChI=1S/C58H40N2/c1-5-19-41(20-6-1)45-37-46(42-21-7-2-8-22-42)39-49(38-45)59(56-33-18-34-57-58(56)53-30-15-16-32-55(53)60(57)47-27-11-4-12-28-47)48-35-36-52(54(40-48)44-23-9-3-10-24-44)51-31-17-26-43-25-13-14-29-50(43)51/h1-40H. The van der Waals surface area contributed by atoms with Crippen LogP contribution in [0.5, 0.6) is 0 Å². The largest absolute Gasteiger partial charge is 0.310 e. The lowest BCUT2D eigenvalue weighted by molar-refractivity contribution is 1.18. The summed E-state index contributed by atoms with van der Waals surface area (Å²) < 4.78 is 2.40. The van der Waals surface area contributed by atoms with Gasteiger partial charge in [0.15, 0.2) is 0 Å². The van der Waals surface area contributed by atoms with Crippen LogP contribution in [0.25, 0.3) is 82.8 Å². The van der Waals surface area contributed by atoms with Crippen LogP contribution < -0.4 is 4.90 Å². The summed E-state index contributed by atoms with van der Waals surface area (Å²) in [6, 6.07) is 88.1. The van der Waals surface area contributed by atoms with Gasteiger partial charge in [-0.3, -0.25) is 0 Å². The summed E-state index contributed by atoms with van der Waals surface area (Å²) in [5, 5.41) is 4.87. The molecular formula is C58H40N2. The third kappa shape index (κ3) is 6.23. The number of aromatic nitrogens is 1. The lowest BCUT2D eigenvalue weighted by atomic mass is 9.90. The van der Waals surface area contributed by atoms with Gasteiger partial charge in [0.25, 0.3) is 0 Å². The second kappa shape index (κ2) is 15.1. The maximum Gasteiger partial charge on any atom is 0.0562 e. The Balaban J connectivity index is 1.24. The van der Waals surface area contributed by atoms with Crippen molar-refractivity contribution in [2.24, 2.45) is 0 Å². The van der Waals surface area contributed by atoms with Gasteiger partial charge in [-0.05, 0) is 116 Å². The summed E-state index contributed by atoms with van der Waals surface area (Å²) in [4.78, 5) is 2.49. The Labute approximate surface area is 350 Å². The molecule has 11 aromatic rings. The number of para-hydroxylation sites is 2. The van der Waals surface area contributed by atoms with Crippen molar-refractivity contribution in [3.05, 3.63) is 243 Å². The van der Waals surface area contributed by atoms with Gasteiger partial charge in [-0.1, -0.05) is 182 Å². The highest BCUT2D eigenvalue weighted by molar-refractivity contribution is 6.17. The van der Waals surface area contributed by atoms with Crippen LogP contribution in [0.2, 0.25) is 0 Å². The van der Waals surface area contributed by atoms with E-state index < -0.39 is 0 Å². The van der Waals surface area contributed by atoms with Gasteiger partial charge in [0, 0.05) is 27.8 Å². The van der Waals surface area contributed by atoms with Crippen molar-refractivity contribution in [3.8, 4) is 50.2 Å². The summed E-state index contributed by atoms with van der Waals surface area (Å²) in [5.41, 5.74) is 16.2. The Morgan fingerprint density at radius 1 is 0.300 bits per heavy atom. The van der Waals surface area contributed by atoms with E-state index in [0.29, 0.717) is 0 Å². The van der Waals surface area contributed by atoms with Gasteiger partial charge < -0.3 is 9.47 Å². The van der Waals surface area contributed by atoms with E-state index in [1.54, 1.807) is 0 Å². The van der Waals surface area contributed by atoms with Crippen molar-refractivity contribution >= 4 is 49.6 Å². The number of nitrogens with zero attached hydrogens (tertiary/aromatic N) is 2. The van der Waals surface area contributed by atoms with Gasteiger partial charge in [0.05, 0.1) is 16.7 Å². The summed E-state index contributed by atoms with van der Waals surface area (Å²) in [5.74, 6) is 0. The maximum absolute atomic E-state index is 2.49. The SMILES string of the molecule is c1ccc(-c2cc(-c3ccccc3)cc(N(c3ccc(-c4cccc5ccccc45)c(-c4ccccc4)c3)c3cccc4c3c3ccccc3n4-c3ccccc3)c2)cc1. The summed E-state index contributed by atoms with van der Waals surface area (Å²) in [6.45, 7) is 0. The zero-order valence-electron chi connectivity index (χ0n) is 33.0. The number of fused-ring (bicyclic) bond motifs is 4. The van der Waals surface area contributed by atoms with Gasteiger partial charge >= 0.3 is 0 Å². The van der Waals surface area contributed by atoms with Crippen molar-refractivity contribution in [1.82, 2.24) is 4.57 Å². The van der Waals surface area contributed by atoms with Crippen LogP contribution in [0, 0.1) is 0 Å². The number of hydrogen-bond acceptors (Lipinski definition) is 1. The molecule has 0 aliphatic heterocycles. The van der Waals surface area contributed by atoms with Crippen LogP contribution in [0.1, 0.15) is 0 Å². The molecule has 0 saturated carbocycles. The monoisotopic (exact) mass is 764 g/mol. The molecule has 1 heterocycles. The van der Waals surface area contributed by atoms with Crippen LogP contribution in [0.3, 0.4) is 0 Å². The number of hydrogen-bond donors (Lipinski definition) is 0. The molecule has 10 aromatic carbocycles. The first-order valence-corrected chi connectivity index (χ1v) is 20.6. The maximum atomic E-state index is 2.49. The molecule has 282 valence electrons. The average Bonchev–Trinajstić information content (AvgIpc) is 3.67. The lowest BCUT2D eigenvalue weighted by Crippen LogP contribution is -2.11. The first-order valence-electron chi connectivity index (χ1n) is 20.6. The van der Waals surface area contributed by atoms with Gasteiger partial charge in [-0.2, -0.15) is 0 Å². The Kier molecular flexibility index (Phi) is 8.87. The third-order valence-electron chi connectivity index (χ3n) is 11.7. The summed E-state index contributed by atoms with van der Waals surface area (Å²) in [6.07, 6.45) is 0. The van der Waals surface area contributed by atoms with Crippen molar-refractivity contribution in [2.75, 3.05) is 4.90 Å². The average molecular weight is 765 g/mol. The Morgan fingerprint density at radius 2 is 0.850 bits per heavy atom. The molecule has 0 aliphatic rings. The molecule has 0 unspecified atom stereocenters. The highest BCUT2D eigenvalue weighted by Gasteiger charge is 2.23. The van der Waals surface area contributed by atoms with Crippen molar-refractivity contribution in [3.63, 3.8) is 0 Å². The molecule has 0 atom stereocenters. The highest BCUT2D eigenvalue weighted by Crippen LogP contribution is 2.48. The van der Waals surface area contributed by atoms with Gasteiger partial charge in [0.1, 0.15) is 0 Å². The van der Waals surface area contributed by atoms with E-state index >= 15 is 0 Å². The van der Waals surface area contributed by atoms with E-state index in [1.807, 2.05) is 0 Å². The minimum atomic E-state index is 1.08. The molecular weight excluding hydrogens is 725 g/mol. The van der Waals surface area contributed by atoms with Gasteiger partial charge in [-0.15, -0.1) is 0 Å². The second-order valence-corrected chi connectivity index (χ2v) is 15.3. The smallest absolute Gasteiger partial charge is 0.0562 e. The molecule has 0 aliphatic carbocycles. The van der Waals surface area contributed by atoms with E-state index in [-0.39, 0.29) is 0 Å². The second-order valence-electron chi connectivity index (χ2n) is 15.3. The number of benzene rings is 10. The third-order valence-corrected chi connectivity index (χ3v) is 11.7. The molecule has 0 bridgehead atoms. The van der Waals surface area contributed by atoms with E-state index in [2.05, 4.69) is 252 Å². The lowest BCUT2D eigenvalue weighted by Gasteiger charge is -2.29. The summed E-state index contributed by atoms with van der Waals surface area (Å²) in [7, 11) is 0. The molecule has 0 fully saturated rings. The fourth-order valence-electron chi connectivity index (χ4n) is 9.03. The van der Waals surface area contributed by atoms with Crippen LogP contribution in [-0.2, 0) is 0 Å².